The molecule has 2 fully saturated rings. The molecule has 1 aromatic carbocycles. The minimum atomic E-state index is -0.208. The third kappa shape index (κ3) is 3.06. The third-order valence-corrected chi connectivity index (χ3v) is 5.54. The SMILES string of the molecule is Cc1cc(C)cc(C2(C(=O)N(C)CC3CCCCC3)CC2)c1. The number of carbonyl (C=O) groups is 1. The van der Waals surface area contributed by atoms with Gasteiger partial charge in [0, 0.05) is 13.6 Å². The average Bonchev–Trinajstić information content (AvgIpc) is 3.28. The van der Waals surface area contributed by atoms with Gasteiger partial charge in [-0.25, -0.2) is 0 Å². The Balaban J connectivity index is 1.72. The Kier molecular flexibility index (Phi) is 4.29. The fourth-order valence-electron chi connectivity index (χ4n) is 4.21. The summed E-state index contributed by atoms with van der Waals surface area (Å²) in [4.78, 5) is 15.1. The molecule has 0 heterocycles. The van der Waals surface area contributed by atoms with Crippen molar-refractivity contribution in [1.82, 2.24) is 4.90 Å². The van der Waals surface area contributed by atoms with E-state index in [4.69, 9.17) is 0 Å². The van der Waals surface area contributed by atoms with E-state index in [0.29, 0.717) is 5.91 Å². The van der Waals surface area contributed by atoms with Crippen molar-refractivity contribution in [3.63, 3.8) is 0 Å². The normalized spacial score (nSPS) is 20.7. The van der Waals surface area contributed by atoms with Gasteiger partial charge >= 0.3 is 0 Å². The molecule has 2 aliphatic carbocycles. The molecule has 2 nitrogen and oxygen atoms in total. The fourth-order valence-corrected chi connectivity index (χ4v) is 4.21. The van der Waals surface area contributed by atoms with Crippen molar-refractivity contribution in [1.29, 1.82) is 0 Å². The van der Waals surface area contributed by atoms with E-state index in [1.54, 1.807) is 0 Å². The van der Waals surface area contributed by atoms with Crippen LogP contribution in [0.3, 0.4) is 0 Å². The lowest BCUT2D eigenvalue weighted by Crippen LogP contribution is -2.39. The summed E-state index contributed by atoms with van der Waals surface area (Å²) >= 11 is 0. The van der Waals surface area contributed by atoms with E-state index in [0.717, 1.165) is 25.3 Å². The minimum absolute atomic E-state index is 0.208. The van der Waals surface area contributed by atoms with E-state index in [9.17, 15) is 4.79 Å². The molecule has 0 bridgehead atoms. The van der Waals surface area contributed by atoms with Crippen LogP contribution in [-0.2, 0) is 10.2 Å². The highest BCUT2D eigenvalue weighted by Gasteiger charge is 2.52. The van der Waals surface area contributed by atoms with Gasteiger partial charge in [0.1, 0.15) is 0 Å². The highest BCUT2D eigenvalue weighted by atomic mass is 16.2. The Labute approximate surface area is 134 Å². The first-order valence-electron chi connectivity index (χ1n) is 8.86. The van der Waals surface area contributed by atoms with Crippen molar-refractivity contribution in [2.75, 3.05) is 13.6 Å². The first kappa shape index (κ1) is 15.6. The Morgan fingerprint density at radius 3 is 2.23 bits per heavy atom. The maximum absolute atomic E-state index is 13.0. The zero-order valence-corrected chi connectivity index (χ0v) is 14.3. The molecule has 120 valence electrons. The molecule has 0 spiro atoms. The fraction of sp³-hybridized carbons (Fsp3) is 0.650. The molecule has 0 unspecified atom stereocenters. The number of likely N-dealkylation sites (N-methyl/N-ethyl adjacent to an activating group) is 1. The molecular weight excluding hydrogens is 270 g/mol. The van der Waals surface area contributed by atoms with Gasteiger partial charge in [-0.05, 0) is 51.0 Å². The molecular formula is C20H29NO. The maximum atomic E-state index is 13.0. The monoisotopic (exact) mass is 299 g/mol. The summed E-state index contributed by atoms with van der Waals surface area (Å²) in [6, 6.07) is 6.62. The first-order chi connectivity index (χ1) is 10.5. The topological polar surface area (TPSA) is 20.3 Å². The quantitative estimate of drug-likeness (QED) is 0.808. The van der Waals surface area contributed by atoms with Crippen LogP contribution in [0.1, 0.15) is 61.6 Å². The number of nitrogens with zero attached hydrogens (tertiary/aromatic N) is 1. The van der Waals surface area contributed by atoms with Crippen molar-refractivity contribution < 1.29 is 4.79 Å². The van der Waals surface area contributed by atoms with Crippen molar-refractivity contribution in [3.05, 3.63) is 34.9 Å². The standard InChI is InChI=1S/C20H29NO/c1-15-11-16(2)13-18(12-15)20(9-10-20)19(22)21(3)14-17-7-5-4-6-8-17/h11-13,17H,4-10,14H2,1-3H3. The number of aryl methyl sites for hydroxylation is 2. The van der Waals surface area contributed by atoms with Crippen LogP contribution >= 0.6 is 0 Å². The zero-order chi connectivity index (χ0) is 15.7. The van der Waals surface area contributed by atoms with Gasteiger partial charge in [0.2, 0.25) is 5.91 Å². The summed E-state index contributed by atoms with van der Waals surface area (Å²) < 4.78 is 0. The molecule has 0 N–H and O–H groups in total. The zero-order valence-electron chi connectivity index (χ0n) is 14.3. The van der Waals surface area contributed by atoms with Crippen molar-refractivity contribution in [2.45, 2.75) is 64.2 Å². The van der Waals surface area contributed by atoms with E-state index in [1.165, 1.54) is 48.8 Å². The van der Waals surface area contributed by atoms with Gasteiger partial charge in [-0.3, -0.25) is 4.79 Å². The van der Waals surface area contributed by atoms with E-state index >= 15 is 0 Å². The highest BCUT2D eigenvalue weighted by molar-refractivity contribution is 5.91. The summed E-state index contributed by atoms with van der Waals surface area (Å²) in [7, 11) is 2.01. The molecule has 0 aromatic heterocycles. The summed E-state index contributed by atoms with van der Waals surface area (Å²) in [5, 5.41) is 0. The summed E-state index contributed by atoms with van der Waals surface area (Å²) in [6.07, 6.45) is 8.69. The highest BCUT2D eigenvalue weighted by Crippen LogP contribution is 2.50. The van der Waals surface area contributed by atoms with Crippen LogP contribution in [0.25, 0.3) is 0 Å². The van der Waals surface area contributed by atoms with Gasteiger partial charge in [-0.15, -0.1) is 0 Å². The summed E-state index contributed by atoms with van der Waals surface area (Å²) in [6.45, 7) is 5.21. The molecule has 0 saturated heterocycles. The molecule has 1 aromatic rings. The van der Waals surface area contributed by atoms with Crippen LogP contribution in [0.15, 0.2) is 18.2 Å². The Hall–Kier alpha value is -1.31. The molecule has 2 heteroatoms. The second-order valence-corrected chi connectivity index (χ2v) is 7.65. The third-order valence-electron chi connectivity index (χ3n) is 5.54. The van der Waals surface area contributed by atoms with Crippen LogP contribution in [0, 0.1) is 19.8 Å². The van der Waals surface area contributed by atoms with Crippen molar-refractivity contribution in [3.8, 4) is 0 Å². The number of amides is 1. The van der Waals surface area contributed by atoms with E-state index in [1.807, 2.05) is 11.9 Å². The van der Waals surface area contributed by atoms with Crippen molar-refractivity contribution in [2.24, 2.45) is 5.92 Å². The van der Waals surface area contributed by atoms with Crippen LogP contribution in [0.5, 0.6) is 0 Å². The van der Waals surface area contributed by atoms with E-state index < -0.39 is 0 Å². The molecule has 3 rings (SSSR count). The van der Waals surface area contributed by atoms with Gasteiger partial charge < -0.3 is 4.90 Å². The average molecular weight is 299 g/mol. The smallest absolute Gasteiger partial charge is 0.232 e. The van der Waals surface area contributed by atoms with Gasteiger partial charge in [0.25, 0.3) is 0 Å². The predicted octanol–water partition coefficient (Wildman–Crippen LogP) is 4.37. The van der Waals surface area contributed by atoms with Crippen LogP contribution < -0.4 is 0 Å². The maximum Gasteiger partial charge on any atom is 0.232 e. The van der Waals surface area contributed by atoms with Gasteiger partial charge in [-0.1, -0.05) is 48.6 Å². The van der Waals surface area contributed by atoms with Gasteiger partial charge in [0.05, 0.1) is 5.41 Å². The van der Waals surface area contributed by atoms with Crippen LogP contribution in [0.2, 0.25) is 0 Å². The van der Waals surface area contributed by atoms with Crippen LogP contribution in [0.4, 0.5) is 0 Å². The second-order valence-electron chi connectivity index (χ2n) is 7.65. The Bertz CT molecular complexity index is 533. The number of hydrogen-bond donors (Lipinski definition) is 0. The number of hydrogen-bond acceptors (Lipinski definition) is 1. The van der Waals surface area contributed by atoms with Gasteiger partial charge in [0.15, 0.2) is 0 Å². The minimum Gasteiger partial charge on any atom is -0.345 e. The number of rotatable bonds is 4. The molecule has 1 amide bonds. The Morgan fingerprint density at radius 2 is 1.68 bits per heavy atom. The lowest BCUT2D eigenvalue weighted by molar-refractivity contribution is -0.133. The number of benzene rings is 1. The largest absolute Gasteiger partial charge is 0.345 e. The van der Waals surface area contributed by atoms with Gasteiger partial charge in [-0.2, -0.15) is 0 Å². The molecule has 0 atom stereocenters. The molecule has 22 heavy (non-hydrogen) atoms. The number of carbonyl (C=O) groups excluding carboxylic acids is 1. The molecule has 2 saturated carbocycles. The lowest BCUT2D eigenvalue weighted by Gasteiger charge is -2.30. The van der Waals surface area contributed by atoms with Crippen molar-refractivity contribution >= 4 is 5.91 Å². The van der Waals surface area contributed by atoms with Crippen LogP contribution in [-0.4, -0.2) is 24.4 Å². The second kappa shape index (κ2) is 6.06. The molecule has 0 aliphatic heterocycles. The lowest BCUT2D eigenvalue weighted by atomic mass is 9.87. The predicted molar refractivity (Wildman–Crippen MR) is 91.0 cm³/mol. The molecule has 2 aliphatic rings. The summed E-state index contributed by atoms with van der Waals surface area (Å²) in [5.74, 6) is 1.07. The van der Waals surface area contributed by atoms with E-state index in [-0.39, 0.29) is 5.41 Å². The summed E-state index contributed by atoms with van der Waals surface area (Å²) in [5.41, 5.74) is 3.57. The first-order valence-corrected chi connectivity index (χ1v) is 8.86. The van der Waals surface area contributed by atoms with E-state index in [2.05, 4.69) is 32.0 Å². The molecule has 0 radical (unpaired) electrons. The Morgan fingerprint density at radius 1 is 1.09 bits per heavy atom.